The van der Waals surface area contributed by atoms with Crippen LogP contribution in [0, 0.1) is 28.6 Å². The Bertz CT molecular complexity index is 662. The Kier molecular flexibility index (Phi) is 2.72. The van der Waals surface area contributed by atoms with Crippen LogP contribution in [0.2, 0.25) is 0 Å². The van der Waals surface area contributed by atoms with Gasteiger partial charge in [0.05, 0.1) is 12.2 Å². The summed E-state index contributed by atoms with van der Waals surface area (Å²) in [5, 5.41) is 9.63. The number of aryl methyl sites for hydroxylation is 1. The van der Waals surface area contributed by atoms with Gasteiger partial charge >= 0.3 is 5.97 Å². The molecule has 0 aromatic carbocycles. The van der Waals surface area contributed by atoms with Crippen molar-refractivity contribution < 1.29 is 14.3 Å². The van der Waals surface area contributed by atoms with Crippen LogP contribution in [0.3, 0.4) is 0 Å². The molecule has 23 heavy (non-hydrogen) atoms. The van der Waals surface area contributed by atoms with E-state index in [4.69, 9.17) is 4.42 Å². The first kappa shape index (κ1) is 14.1. The van der Waals surface area contributed by atoms with Crippen LogP contribution in [0.25, 0.3) is 0 Å². The third kappa shape index (κ3) is 1.69. The van der Waals surface area contributed by atoms with Gasteiger partial charge < -0.3 is 9.52 Å². The summed E-state index contributed by atoms with van der Waals surface area (Å²) in [4.78, 5) is 11.7. The number of carbonyl (C=O) groups is 1. The summed E-state index contributed by atoms with van der Waals surface area (Å²) in [7, 11) is 0. The summed E-state index contributed by atoms with van der Waals surface area (Å²) in [6, 6.07) is 2.20. The molecule has 2 bridgehead atoms. The Hall–Kier alpha value is -1.25. The van der Waals surface area contributed by atoms with Gasteiger partial charge in [0.25, 0.3) is 0 Å². The van der Waals surface area contributed by atoms with Crippen LogP contribution in [0.1, 0.15) is 69.1 Å². The summed E-state index contributed by atoms with van der Waals surface area (Å²) in [5.74, 6) is 2.37. The summed E-state index contributed by atoms with van der Waals surface area (Å²) in [6.45, 7) is 2.51. The molecule has 0 radical (unpaired) electrons. The predicted molar refractivity (Wildman–Crippen MR) is 86.1 cm³/mol. The van der Waals surface area contributed by atoms with E-state index in [-0.39, 0.29) is 5.92 Å². The number of rotatable bonds is 1. The SMILES string of the molecule is C[C@@]12CCc3occc3[C@H]1CC[C@@]13C[C@@H](CCC12)[C@@H](C(=O)O)C3. The van der Waals surface area contributed by atoms with E-state index in [0.717, 1.165) is 19.3 Å². The molecule has 1 aromatic rings. The summed E-state index contributed by atoms with van der Waals surface area (Å²) in [5.41, 5.74) is 2.12. The fourth-order valence-corrected chi connectivity index (χ4v) is 7.43. The predicted octanol–water partition coefficient (Wildman–Crippen LogP) is 4.62. The van der Waals surface area contributed by atoms with Gasteiger partial charge in [0.1, 0.15) is 5.76 Å². The third-order valence-electron chi connectivity index (χ3n) is 8.32. The summed E-state index contributed by atoms with van der Waals surface area (Å²) >= 11 is 0. The van der Waals surface area contributed by atoms with Crippen molar-refractivity contribution in [2.45, 2.75) is 64.2 Å². The lowest BCUT2D eigenvalue weighted by Crippen LogP contribution is -2.50. The van der Waals surface area contributed by atoms with E-state index in [9.17, 15) is 9.90 Å². The van der Waals surface area contributed by atoms with Crippen LogP contribution < -0.4 is 0 Å². The van der Waals surface area contributed by atoms with Crippen molar-refractivity contribution >= 4 is 5.97 Å². The second-order valence-corrected chi connectivity index (χ2v) is 9.00. The molecular formula is C20H26O3. The minimum absolute atomic E-state index is 0.0757. The molecule has 1 unspecified atom stereocenters. The van der Waals surface area contributed by atoms with E-state index in [1.807, 2.05) is 6.26 Å². The molecule has 124 valence electrons. The number of hydrogen-bond donors (Lipinski definition) is 1. The zero-order valence-corrected chi connectivity index (χ0v) is 13.9. The van der Waals surface area contributed by atoms with Gasteiger partial charge in [-0.3, -0.25) is 4.79 Å². The van der Waals surface area contributed by atoms with E-state index >= 15 is 0 Å². The fourth-order valence-electron chi connectivity index (χ4n) is 7.43. The molecule has 6 atom stereocenters. The average Bonchev–Trinajstić information content (AvgIpc) is 3.09. The van der Waals surface area contributed by atoms with Gasteiger partial charge in [0, 0.05) is 6.42 Å². The van der Waals surface area contributed by atoms with Crippen molar-refractivity contribution in [2.75, 3.05) is 0 Å². The zero-order chi connectivity index (χ0) is 15.8. The first-order valence-electron chi connectivity index (χ1n) is 9.33. The van der Waals surface area contributed by atoms with E-state index in [1.165, 1.54) is 43.4 Å². The zero-order valence-electron chi connectivity index (χ0n) is 13.9. The van der Waals surface area contributed by atoms with Crippen molar-refractivity contribution in [1.29, 1.82) is 0 Å². The van der Waals surface area contributed by atoms with Crippen LogP contribution in [-0.4, -0.2) is 11.1 Å². The minimum atomic E-state index is -0.541. The van der Waals surface area contributed by atoms with E-state index in [0.29, 0.717) is 28.6 Å². The van der Waals surface area contributed by atoms with Crippen LogP contribution >= 0.6 is 0 Å². The normalized spacial score (nSPS) is 47.5. The number of furan rings is 1. The monoisotopic (exact) mass is 314 g/mol. The van der Waals surface area contributed by atoms with Crippen molar-refractivity contribution in [3.05, 3.63) is 23.7 Å². The minimum Gasteiger partial charge on any atom is -0.481 e. The van der Waals surface area contributed by atoms with E-state index < -0.39 is 5.97 Å². The molecule has 0 amide bonds. The molecule has 4 aliphatic carbocycles. The van der Waals surface area contributed by atoms with Gasteiger partial charge in [-0.25, -0.2) is 0 Å². The van der Waals surface area contributed by atoms with Crippen molar-refractivity contribution in [1.82, 2.24) is 0 Å². The maximum atomic E-state index is 11.7. The van der Waals surface area contributed by atoms with E-state index in [1.54, 1.807) is 0 Å². The lowest BCUT2D eigenvalue weighted by Gasteiger charge is -2.59. The molecule has 3 saturated carbocycles. The summed E-state index contributed by atoms with van der Waals surface area (Å²) < 4.78 is 5.72. The Morgan fingerprint density at radius 2 is 2.13 bits per heavy atom. The quantitative estimate of drug-likeness (QED) is 0.823. The second kappa shape index (κ2) is 4.43. The van der Waals surface area contributed by atoms with Gasteiger partial charge in [-0.2, -0.15) is 0 Å². The van der Waals surface area contributed by atoms with Crippen LogP contribution in [0.4, 0.5) is 0 Å². The maximum Gasteiger partial charge on any atom is 0.306 e. The van der Waals surface area contributed by atoms with Gasteiger partial charge in [-0.15, -0.1) is 0 Å². The highest BCUT2D eigenvalue weighted by molar-refractivity contribution is 5.71. The Morgan fingerprint density at radius 3 is 2.96 bits per heavy atom. The topological polar surface area (TPSA) is 50.4 Å². The fraction of sp³-hybridized carbons (Fsp3) is 0.750. The molecule has 1 N–H and O–H groups in total. The first-order chi connectivity index (χ1) is 11.0. The molecule has 3 nitrogen and oxygen atoms in total. The molecule has 5 rings (SSSR count). The maximum absolute atomic E-state index is 11.7. The highest BCUT2D eigenvalue weighted by Gasteiger charge is 2.63. The molecule has 1 aromatic heterocycles. The number of aliphatic carboxylic acids is 1. The molecular weight excluding hydrogens is 288 g/mol. The lowest BCUT2D eigenvalue weighted by atomic mass is 9.45. The van der Waals surface area contributed by atoms with Gasteiger partial charge in [0.15, 0.2) is 0 Å². The third-order valence-corrected chi connectivity index (χ3v) is 8.32. The smallest absolute Gasteiger partial charge is 0.306 e. The van der Waals surface area contributed by atoms with Crippen LogP contribution in [-0.2, 0) is 11.2 Å². The van der Waals surface area contributed by atoms with Gasteiger partial charge in [0.2, 0.25) is 0 Å². The van der Waals surface area contributed by atoms with Crippen LogP contribution in [0.5, 0.6) is 0 Å². The number of fused-ring (bicyclic) bond motifs is 5. The van der Waals surface area contributed by atoms with Crippen molar-refractivity contribution in [2.24, 2.45) is 28.6 Å². The summed E-state index contributed by atoms with van der Waals surface area (Å²) in [6.07, 6.45) is 11.1. The Morgan fingerprint density at radius 1 is 1.26 bits per heavy atom. The highest BCUT2D eigenvalue weighted by Crippen LogP contribution is 2.71. The first-order valence-corrected chi connectivity index (χ1v) is 9.33. The Labute approximate surface area is 137 Å². The number of carboxylic acids is 1. The molecule has 1 spiro atoms. The van der Waals surface area contributed by atoms with Crippen molar-refractivity contribution in [3.63, 3.8) is 0 Å². The molecule has 4 aliphatic rings. The Balaban J connectivity index is 1.55. The van der Waals surface area contributed by atoms with Gasteiger partial charge in [-0.1, -0.05) is 6.92 Å². The van der Waals surface area contributed by atoms with E-state index in [2.05, 4.69) is 13.0 Å². The molecule has 1 heterocycles. The number of hydrogen-bond acceptors (Lipinski definition) is 2. The van der Waals surface area contributed by atoms with Crippen LogP contribution in [0.15, 0.2) is 16.7 Å². The average molecular weight is 314 g/mol. The highest BCUT2D eigenvalue weighted by atomic mass is 16.4. The standard InChI is InChI=1S/C20H26O3/c1-19-7-5-16-13(6-9-23-16)15(19)4-8-20-10-12(2-3-17(19)20)14(11-20)18(21)22/h6,9,12,14-15,17H,2-5,7-8,10-11H2,1H3,(H,21,22)/t12-,14+,15-,17?,19-,20+/m1/s1. The molecule has 0 aliphatic heterocycles. The van der Waals surface area contributed by atoms with Crippen molar-refractivity contribution in [3.8, 4) is 0 Å². The largest absolute Gasteiger partial charge is 0.481 e. The second-order valence-electron chi connectivity index (χ2n) is 9.00. The molecule has 3 fully saturated rings. The van der Waals surface area contributed by atoms with Gasteiger partial charge in [-0.05, 0) is 85.2 Å². The molecule has 3 heteroatoms. The number of carboxylic acid groups (broad SMARTS) is 1. The molecule has 0 saturated heterocycles. The lowest BCUT2D eigenvalue weighted by molar-refractivity contribution is -0.143.